The monoisotopic (exact) mass is 478 g/mol. The summed E-state index contributed by atoms with van der Waals surface area (Å²) in [5.74, 6) is 1.64. The van der Waals surface area contributed by atoms with Crippen LogP contribution in [0.4, 0.5) is 5.82 Å². The van der Waals surface area contributed by atoms with E-state index in [2.05, 4.69) is 38.8 Å². The quantitative estimate of drug-likeness (QED) is 0.460. The number of oxime groups is 1. The SMILES string of the molecule is CC(C)CON=C(c1ccccn1)C1CCN(C(=O)C2CCN(Cc3ccnc(N)c3)CC2)CC1. The number of rotatable bonds is 8. The summed E-state index contributed by atoms with van der Waals surface area (Å²) >= 11 is 0. The molecule has 0 saturated carbocycles. The number of aromatic nitrogens is 2. The van der Waals surface area contributed by atoms with E-state index in [4.69, 9.17) is 10.6 Å². The van der Waals surface area contributed by atoms with Crippen LogP contribution in [-0.4, -0.2) is 64.2 Å². The fourth-order valence-electron chi connectivity index (χ4n) is 4.92. The van der Waals surface area contributed by atoms with Crippen LogP contribution >= 0.6 is 0 Å². The smallest absolute Gasteiger partial charge is 0.225 e. The summed E-state index contributed by atoms with van der Waals surface area (Å²) in [4.78, 5) is 32.0. The third-order valence-electron chi connectivity index (χ3n) is 6.88. The first-order valence-corrected chi connectivity index (χ1v) is 12.8. The van der Waals surface area contributed by atoms with Crippen molar-refractivity contribution in [2.24, 2.45) is 22.9 Å². The molecule has 2 aromatic heterocycles. The van der Waals surface area contributed by atoms with E-state index in [0.29, 0.717) is 24.2 Å². The first-order valence-electron chi connectivity index (χ1n) is 12.8. The van der Waals surface area contributed by atoms with Crippen LogP contribution in [0.3, 0.4) is 0 Å². The molecule has 4 heterocycles. The van der Waals surface area contributed by atoms with Crippen molar-refractivity contribution in [3.05, 3.63) is 54.0 Å². The second-order valence-corrected chi connectivity index (χ2v) is 10.1. The standard InChI is InChI=1S/C27H38N6O2/c1-20(2)19-35-31-26(24-5-3-4-11-29-24)22-9-15-33(16-10-22)27(34)23-7-13-32(14-8-23)18-21-6-12-30-25(28)17-21/h3-6,11-12,17,20,22-23H,7-10,13-16,18-19H2,1-2H3,(H2,28,30). The minimum atomic E-state index is 0.114. The van der Waals surface area contributed by atoms with Crippen molar-refractivity contribution < 1.29 is 9.63 Å². The molecule has 8 heteroatoms. The highest BCUT2D eigenvalue weighted by atomic mass is 16.6. The molecule has 2 aliphatic rings. The summed E-state index contributed by atoms with van der Waals surface area (Å²) in [5, 5.41) is 4.50. The Balaban J connectivity index is 1.28. The molecule has 2 aromatic rings. The van der Waals surface area contributed by atoms with E-state index in [1.54, 1.807) is 12.4 Å². The zero-order valence-electron chi connectivity index (χ0n) is 21.0. The van der Waals surface area contributed by atoms with Gasteiger partial charge in [0.05, 0.1) is 5.69 Å². The normalized spacial score (nSPS) is 18.7. The molecule has 2 fully saturated rings. The van der Waals surface area contributed by atoms with Crippen LogP contribution in [-0.2, 0) is 16.2 Å². The van der Waals surface area contributed by atoms with Gasteiger partial charge in [-0.05, 0) is 74.5 Å². The summed E-state index contributed by atoms with van der Waals surface area (Å²) in [7, 11) is 0. The summed E-state index contributed by atoms with van der Waals surface area (Å²) in [6, 6.07) is 9.82. The molecule has 2 saturated heterocycles. The zero-order chi connectivity index (χ0) is 24.6. The van der Waals surface area contributed by atoms with Crippen LogP contribution < -0.4 is 5.73 Å². The zero-order valence-corrected chi connectivity index (χ0v) is 21.0. The Bertz CT molecular complexity index is 980. The van der Waals surface area contributed by atoms with E-state index in [1.807, 2.05) is 30.3 Å². The molecule has 2 aliphatic heterocycles. The van der Waals surface area contributed by atoms with Gasteiger partial charge in [0.1, 0.15) is 18.1 Å². The summed E-state index contributed by atoms with van der Waals surface area (Å²) in [5.41, 5.74) is 8.75. The Morgan fingerprint density at radius 3 is 2.46 bits per heavy atom. The molecular weight excluding hydrogens is 440 g/mol. The average molecular weight is 479 g/mol. The van der Waals surface area contributed by atoms with Gasteiger partial charge in [-0.15, -0.1) is 0 Å². The maximum absolute atomic E-state index is 13.3. The summed E-state index contributed by atoms with van der Waals surface area (Å²) < 4.78 is 0. The van der Waals surface area contributed by atoms with Gasteiger partial charge in [0.2, 0.25) is 5.91 Å². The van der Waals surface area contributed by atoms with Crippen molar-refractivity contribution >= 4 is 17.4 Å². The number of hydrogen-bond acceptors (Lipinski definition) is 7. The number of nitrogens with zero attached hydrogens (tertiary/aromatic N) is 5. The third-order valence-corrected chi connectivity index (χ3v) is 6.88. The minimum absolute atomic E-state index is 0.114. The lowest BCUT2D eigenvalue weighted by Gasteiger charge is -2.37. The van der Waals surface area contributed by atoms with Gasteiger partial charge in [0, 0.05) is 43.9 Å². The highest BCUT2D eigenvalue weighted by Crippen LogP contribution is 2.26. The number of likely N-dealkylation sites (tertiary alicyclic amines) is 2. The van der Waals surface area contributed by atoms with Crippen molar-refractivity contribution in [2.75, 3.05) is 38.5 Å². The van der Waals surface area contributed by atoms with Crippen LogP contribution in [0, 0.1) is 17.8 Å². The van der Waals surface area contributed by atoms with Gasteiger partial charge in [0.15, 0.2) is 0 Å². The molecule has 188 valence electrons. The molecule has 35 heavy (non-hydrogen) atoms. The molecule has 8 nitrogen and oxygen atoms in total. The number of piperidine rings is 2. The summed E-state index contributed by atoms with van der Waals surface area (Å²) in [6.07, 6.45) is 7.13. The Morgan fingerprint density at radius 1 is 1.06 bits per heavy atom. The number of pyridine rings is 2. The fourth-order valence-corrected chi connectivity index (χ4v) is 4.92. The van der Waals surface area contributed by atoms with Crippen LogP contribution in [0.5, 0.6) is 0 Å². The van der Waals surface area contributed by atoms with E-state index >= 15 is 0 Å². The number of hydrogen-bond donors (Lipinski definition) is 1. The molecular formula is C27H38N6O2. The van der Waals surface area contributed by atoms with Crippen molar-refractivity contribution in [3.63, 3.8) is 0 Å². The predicted molar refractivity (Wildman–Crippen MR) is 138 cm³/mol. The maximum Gasteiger partial charge on any atom is 0.225 e. The van der Waals surface area contributed by atoms with Crippen LogP contribution in [0.1, 0.15) is 50.8 Å². The van der Waals surface area contributed by atoms with Crippen molar-refractivity contribution in [2.45, 2.75) is 46.1 Å². The van der Waals surface area contributed by atoms with E-state index in [0.717, 1.165) is 69.8 Å². The van der Waals surface area contributed by atoms with Gasteiger partial charge in [-0.1, -0.05) is 25.1 Å². The van der Waals surface area contributed by atoms with Gasteiger partial charge in [0.25, 0.3) is 0 Å². The lowest BCUT2D eigenvalue weighted by molar-refractivity contribution is -0.138. The molecule has 0 atom stereocenters. The topological polar surface area (TPSA) is 96.9 Å². The Morgan fingerprint density at radius 2 is 1.80 bits per heavy atom. The Labute approximate surface area is 208 Å². The largest absolute Gasteiger partial charge is 0.395 e. The second-order valence-electron chi connectivity index (χ2n) is 10.1. The van der Waals surface area contributed by atoms with Crippen LogP contribution in [0.2, 0.25) is 0 Å². The van der Waals surface area contributed by atoms with Gasteiger partial charge in [-0.25, -0.2) is 4.98 Å². The highest BCUT2D eigenvalue weighted by Gasteiger charge is 2.32. The molecule has 4 rings (SSSR count). The van der Waals surface area contributed by atoms with Crippen LogP contribution in [0.25, 0.3) is 0 Å². The van der Waals surface area contributed by atoms with Crippen LogP contribution in [0.15, 0.2) is 47.9 Å². The van der Waals surface area contributed by atoms with Gasteiger partial charge >= 0.3 is 0 Å². The highest BCUT2D eigenvalue weighted by molar-refractivity contribution is 6.00. The molecule has 0 spiro atoms. The second kappa shape index (κ2) is 12.1. The number of carbonyl (C=O) groups is 1. The number of carbonyl (C=O) groups excluding carboxylic acids is 1. The number of nitrogen functional groups attached to an aromatic ring is 1. The lowest BCUT2D eigenvalue weighted by atomic mass is 9.88. The minimum Gasteiger partial charge on any atom is -0.395 e. The number of anilines is 1. The first kappa shape index (κ1) is 25.1. The molecule has 0 unspecified atom stereocenters. The van der Waals surface area contributed by atoms with E-state index in [1.165, 1.54) is 5.56 Å². The number of nitrogens with two attached hydrogens (primary N) is 1. The van der Waals surface area contributed by atoms with Gasteiger partial charge < -0.3 is 15.5 Å². The van der Waals surface area contributed by atoms with Crippen molar-refractivity contribution in [1.29, 1.82) is 0 Å². The van der Waals surface area contributed by atoms with E-state index < -0.39 is 0 Å². The fraction of sp³-hybridized carbons (Fsp3) is 0.556. The first-order chi connectivity index (χ1) is 17.0. The van der Waals surface area contributed by atoms with E-state index in [-0.39, 0.29) is 11.8 Å². The van der Waals surface area contributed by atoms with Gasteiger partial charge in [-0.2, -0.15) is 0 Å². The van der Waals surface area contributed by atoms with Crippen molar-refractivity contribution in [1.82, 2.24) is 19.8 Å². The Kier molecular flexibility index (Phi) is 8.69. The molecule has 2 N–H and O–H groups in total. The number of amides is 1. The Hall–Kier alpha value is -3.00. The predicted octanol–water partition coefficient (Wildman–Crippen LogP) is 3.59. The maximum atomic E-state index is 13.3. The molecule has 1 amide bonds. The molecule has 0 radical (unpaired) electrons. The molecule has 0 aromatic carbocycles. The average Bonchev–Trinajstić information content (AvgIpc) is 2.87. The third kappa shape index (κ3) is 7.01. The molecule has 0 bridgehead atoms. The van der Waals surface area contributed by atoms with E-state index in [9.17, 15) is 4.79 Å². The van der Waals surface area contributed by atoms with Crippen molar-refractivity contribution in [3.8, 4) is 0 Å². The summed E-state index contributed by atoms with van der Waals surface area (Å²) in [6.45, 7) is 9.04. The van der Waals surface area contributed by atoms with Gasteiger partial charge in [-0.3, -0.25) is 14.7 Å². The lowest BCUT2D eigenvalue weighted by Crippen LogP contribution is -2.46. The molecule has 0 aliphatic carbocycles.